The molecule has 1 heterocycles. The molecule has 0 aliphatic carbocycles. The molecule has 26 heavy (non-hydrogen) atoms. The number of rotatable bonds is 8. The highest BCUT2D eigenvalue weighted by Crippen LogP contribution is 2.10. The van der Waals surface area contributed by atoms with Gasteiger partial charge in [-0.25, -0.2) is 23.1 Å². The molecule has 0 unspecified atom stereocenters. The molecule has 0 saturated carbocycles. The van der Waals surface area contributed by atoms with Crippen LogP contribution in [0.2, 0.25) is 0 Å². The average Bonchev–Trinajstić information content (AvgIpc) is 2.61. The van der Waals surface area contributed by atoms with Crippen LogP contribution in [0, 0.1) is 6.92 Å². The van der Waals surface area contributed by atoms with Gasteiger partial charge in [0, 0.05) is 31.4 Å². The third kappa shape index (κ3) is 5.60. The highest BCUT2D eigenvalue weighted by Gasteiger charge is 2.13. The van der Waals surface area contributed by atoms with E-state index in [0.29, 0.717) is 24.4 Å². The van der Waals surface area contributed by atoms with E-state index in [2.05, 4.69) is 20.0 Å². The average molecular weight is 376 g/mol. The topological polar surface area (TPSA) is 101 Å². The number of sulfonamides is 1. The smallest absolute Gasteiger partial charge is 0.254 e. The van der Waals surface area contributed by atoms with Crippen LogP contribution in [-0.4, -0.2) is 37.4 Å². The molecule has 8 heteroatoms. The van der Waals surface area contributed by atoms with Gasteiger partial charge in [0.2, 0.25) is 10.0 Å². The third-order valence-electron chi connectivity index (χ3n) is 3.71. The molecule has 0 saturated heterocycles. The molecule has 2 aromatic rings. The molecule has 0 radical (unpaired) electrons. The van der Waals surface area contributed by atoms with Crippen molar-refractivity contribution in [3.8, 4) is 0 Å². The number of carbonyl (C=O) groups is 1. The lowest BCUT2D eigenvalue weighted by Gasteiger charge is -2.08. The van der Waals surface area contributed by atoms with Crippen LogP contribution in [0.4, 0.5) is 0 Å². The van der Waals surface area contributed by atoms with Gasteiger partial charge in [-0.15, -0.1) is 0 Å². The zero-order valence-electron chi connectivity index (χ0n) is 15.2. The molecule has 0 bridgehead atoms. The number of benzene rings is 1. The maximum Gasteiger partial charge on any atom is 0.254 e. The van der Waals surface area contributed by atoms with Gasteiger partial charge >= 0.3 is 0 Å². The second kappa shape index (κ2) is 8.86. The van der Waals surface area contributed by atoms with Gasteiger partial charge < -0.3 is 5.32 Å². The van der Waals surface area contributed by atoms with E-state index in [-0.39, 0.29) is 23.3 Å². The van der Waals surface area contributed by atoms with Crippen molar-refractivity contribution in [1.82, 2.24) is 20.0 Å². The van der Waals surface area contributed by atoms with E-state index in [1.807, 2.05) is 20.8 Å². The van der Waals surface area contributed by atoms with E-state index < -0.39 is 10.0 Å². The van der Waals surface area contributed by atoms with E-state index in [9.17, 15) is 13.2 Å². The van der Waals surface area contributed by atoms with E-state index in [0.717, 1.165) is 5.56 Å². The Morgan fingerprint density at radius 1 is 1.08 bits per heavy atom. The van der Waals surface area contributed by atoms with Gasteiger partial charge in [-0.05, 0) is 25.5 Å². The molecule has 1 amide bonds. The molecule has 7 nitrogen and oxygen atoms in total. The molecule has 0 spiro atoms. The minimum Gasteiger partial charge on any atom is -0.352 e. The Bertz CT molecular complexity index is 832. The summed E-state index contributed by atoms with van der Waals surface area (Å²) < 4.78 is 26.8. The van der Waals surface area contributed by atoms with Crippen LogP contribution in [0.3, 0.4) is 0 Å². The lowest BCUT2D eigenvalue weighted by molar-refractivity contribution is 0.0952. The van der Waals surface area contributed by atoms with Gasteiger partial charge in [0.15, 0.2) is 0 Å². The maximum atomic E-state index is 12.1. The number of nitrogens with zero attached hydrogens (tertiary/aromatic N) is 2. The summed E-state index contributed by atoms with van der Waals surface area (Å²) in [6, 6.07) is 6.64. The number of aryl methyl sites for hydroxylation is 1. The quantitative estimate of drug-likeness (QED) is 0.686. The lowest BCUT2D eigenvalue weighted by atomic mass is 10.2. The Balaban J connectivity index is 1.76. The van der Waals surface area contributed by atoms with Crippen LogP contribution >= 0.6 is 0 Å². The SMILES string of the molecule is Cc1ccc(S(=O)(=O)NCCCNC(=O)c2cnc(C(C)C)nc2)cc1. The van der Waals surface area contributed by atoms with Crippen molar-refractivity contribution >= 4 is 15.9 Å². The van der Waals surface area contributed by atoms with E-state index in [4.69, 9.17) is 0 Å². The van der Waals surface area contributed by atoms with Crippen molar-refractivity contribution in [3.63, 3.8) is 0 Å². The number of amides is 1. The maximum absolute atomic E-state index is 12.1. The molecule has 1 aromatic carbocycles. The summed E-state index contributed by atoms with van der Waals surface area (Å²) >= 11 is 0. The van der Waals surface area contributed by atoms with Crippen molar-refractivity contribution in [2.24, 2.45) is 0 Å². The molecule has 0 aliphatic rings. The Hall–Kier alpha value is -2.32. The second-order valence-corrected chi connectivity index (χ2v) is 8.07. The van der Waals surface area contributed by atoms with Crippen molar-refractivity contribution < 1.29 is 13.2 Å². The fraction of sp³-hybridized carbons (Fsp3) is 0.389. The molecular formula is C18H24N4O3S. The van der Waals surface area contributed by atoms with Crippen LogP contribution in [-0.2, 0) is 10.0 Å². The molecule has 0 fully saturated rings. The normalized spacial score (nSPS) is 11.5. The van der Waals surface area contributed by atoms with Crippen LogP contribution in [0.1, 0.15) is 47.9 Å². The fourth-order valence-corrected chi connectivity index (χ4v) is 3.23. The van der Waals surface area contributed by atoms with Crippen molar-refractivity contribution in [3.05, 3.63) is 53.6 Å². The minimum atomic E-state index is -3.53. The second-order valence-electron chi connectivity index (χ2n) is 6.30. The molecule has 2 rings (SSSR count). The number of aromatic nitrogens is 2. The predicted molar refractivity (Wildman–Crippen MR) is 99.4 cm³/mol. The van der Waals surface area contributed by atoms with Crippen LogP contribution in [0.5, 0.6) is 0 Å². The number of carbonyl (C=O) groups excluding carboxylic acids is 1. The molecular weight excluding hydrogens is 352 g/mol. The van der Waals surface area contributed by atoms with E-state index in [1.54, 1.807) is 24.3 Å². The van der Waals surface area contributed by atoms with E-state index >= 15 is 0 Å². The first-order valence-electron chi connectivity index (χ1n) is 8.46. The summed E-state index contributed by atoms with van der Waals surface area (Å²) in [6.45, 7) is 6.44. The monoisotopic (exact) mass is 376 g/mol. The summed E-state index contributed by atoms with van der Waals surface area (Å²) in [5.74, 6) is 0.613. The van der Waals surface area contributed by atoms with Gasteiger partial charge in [0.25, 0.3) is 5.91 Å². The summed E-state index contributed by atoms with van der Waals surface area (Å²) in [6.07, 6.45) is 3.47. The first-order chi connectivity index (χ1) is 12.3. The predicted octanol–water partition coefficient (Wildman–Crippen LogP) is 2.01. The Morgan fingerprint density at radius 2 is 1.69 bits per heavy atom. The molecule has 0 aliphatic heterocycles. The Kier molecular flexibility index (Phi) is 6.82. The fourth-order valence-electron chi connectivity index (χ4n) is 2.15. The highest BCUT2D eigenvalue weighted by molar-refractivity contribution is 7.89. The van der Waals surface area contributed by atoms with Gasteiger partial charge in [-0.1, -0.05) is 31.5 Å². The van der Waals surface area contributed by atoms with Crippen molar-refractivity contribution in [1.29, 1.82) is 0 Å². The lowest BCUT2D eigenvalue weighted by Crippen LogP contribution is -2.30. The van der Waals surface area contributed by atoms with Crippen molar-refractivity contribution in [2.75, 3.05) is 13.1 Å². The van der Waals surface area contributed by atoms with Gasteiger partial charge in [0.1, 0.15) is 5.82 Å². The van der Waals surface area contributed by atoms with Crippen LogP contribution < -0.4 is 10.0 Å². The summed E-state index contributed by atoms with van der Waals surface area (Å²) in [4.78, 5) is 20.5. The number of nitrogens with one attached hydrogen (secondary N) is 2. The highest BCUT2D eigenvalue weighted by atomic mass is 32.2. The zero-order valence-corrected chi connectivity index (χ0v) is 16.0. The first-order valence-corrected chi connectivity index (χ1v) is 9.94. The van der Waals surface area contributed by atoms with Gasteiger partial charge in [-0.2, -0.15) is 0 Å². The molecule has 1 aromatic heterocycles. The summed E-state index contributed by atoms with van der Waals surface area (Å²) in [5.41, 5.74) is 1.38. The molecule has 0 atom stereocenters. The van der Waals surface area contributed by atoms with Crippen molar-refractivity contribution in [2.45, 2.75) is 38.0 Å². The van der Waals surface area contributed by atoms with Gasteiger partial charge in [-0.3, -0.25) is 4.79 Å². The number of hydrogen-bond donors (Lipinski definition) is 2. The molecule has 2 N–H and O–H groups in total. The van der Waals surface area contributed by atoms with Crippen LogP contribution in [0.25, 0.3) is 0 Å². The van der Waals surface area contributed by atoms with E-state index in [1.165, 1.54) is 12.4 Å². The largest absolute Gasteiger partial charge is 0.352 e. The Morgan fingerprint density at radius 3 is 2.27 bits per heavy atom. The Labute approximate surface area is 154 Å². The third-order valence-corrected chi connectivity index (χ3v) is 5.19. The standard InChI is InChI=1S/C18H24N4O3S/c1-13(2)17-20-11-15(12-21-17)18(23)19-9-4-10-22-26(24,25)16-7-5-14(3)6-8-16/h5-8,11-13,22H,4,9-10H2,1-3H3,(H,19,23). The van der Waals surface area contributed by atoms with Gasteiger partial charge in [0.05, 0.1) is 10.5 Å². The summed E-state index contributed by atoms with van der Waals surface area (Å²) in [5, 5.41) is 2.73. The minimum absolute atomic E-state index is 0.202. The van der Waals surface area contributed by atoms with Crippen LogP contribution in [0.15, 0.2) is 41.6 Å². The molecule has 140 valence electrons. The number of hydrogen-bond acceptors (Lipinski definition) is 5. The zero-order chi connectivity index (χ0) is 19.2. The first kappa shape index (κ1) is 20.0. The summed E-state index contributed by atoms with van der Waals surface area (Å²) in [7, 11) is -3.53.